The average molecular weight is 483 g/mol. The maximum atomic E-state index is 13.0. The molecular weight excluding hydrogens is 460 g/mol. The minimum atomic E-state index is -3.85. The highest BCUT2D eigenvalue weighted by Gasteiger charge is 2.29. The Bertz CT molecular complexity index is 1150. The van der Waals surface area contributed by atoms with Gasteiger partial charge in [-0.05, 0) is 43.7 Å². The van der Waals surface area contributed by atoms with Crippen LogP contribution in [0.25, 0.3) is 0 Å². The normalized spacial score (nSPS) is 14.8. The van der Waals surface area contributed by atoms with Crippen molar-refractivity contribution in [2.24, 2.45) is 0 Å². The summed E-state index contributed by atoms with van der Waals surface area (Å²) in [7, 11) is -3.85. The third kappa shape index (κ3) is 5.92. The topological polar surface area (TPSA) is 99.2 Å². The van der Waals surface area contributed by atoms with Crippen LogP contribution in [0.4, 0.5) is 8.78 Å². The number of esters is 1. The molecule has 2 aromatic carbocycles. The molecule has 0 aliphatic carbocycles. The molecule has 33 heavy (non-hydrogen) atoms. The minimum Gasteiger partial charge on any atom is -0.454 e. The minimum absolute atomic E-state index is 0.0449. The summed E-state index contributed by atoms with van der Waals surface area (Å²) in [6, 6.07) is 8.15. The third-order valence-electron chi connectivity index (χ3n) is 5.00. The number of nitrogens with zero attached hydrogens (tertiary/aromatic N) is 1. The highest BCUT2D eigenvalue weighted by molar-refractivity contribution is 7.89. The fourth-order valence-corrected chi connectivity index (χ4v) is 4.94. The number of benzene rings is 2. The molecule has 0 amide bonds. The molecule has 3 rings (SSSR count). The van der Waals surface area contributed by atoms with E-state index in [0.29, 0.717) is 11.1 Å². The van der Waals surface area contributed by atoms with Crippen molar-refractivity contribution >= 4 is 21.8 Å². The van der Waals surface area contributed by atoms with Gasteiger partial charge in [0.05, 0.1) is 29.2 Å². The molecule has 1 heterocycles. The molecular formula is C22H23F2NO7S. The molecule has 1 aliphatic heterocycles. The first-order valence-electron chi connectivity index (χ1n) is 10.0. The monoisotopic (exact) mass is 483 g/mol. The summed E-state index contributed by atoms with van der Waals surface area (Å²) >= 11 is 0. The predicted molar refractivity (Wildman–Crippen MR) is 113 cm³/mol. The largest absolute Gasteiger partial charge is 0.454 e. The number of ether oxygens (including phenoxy) is 3. The summed E-state index contributed by atoms with van der Waals surface area (Å²) in [6.45, 7) is 0.361. The molecule has 0 atom stereocenters. The van der Waals surface area contributed by atoms with Gasteiger partial charge in [0.15, 0.2) is 6.61 Å². The lowest BCUT2D eigenvalue weighted by atomic mass is 10.1. The van der Waals surface area contributed by atoms with Crippen LogP contribution in [0, 0.1) is 13.8 Å². The van der Waals surface area contributed by atoms with Gasteiger partial charge in [0.2, 0.25) is 15.8 Å². The van der Waals surface area contributed by atoms with Gasteiger partial charge in [-0.1, -0.05) is 17.7 Å². The van der Waals surface area contributed by atoms with E-state index in [1.807, 2.05) is 0 Å². The van der Waals surface area contributed by atoms with Crippen molar-refractivity contribution in [3.8, 4) is 5.75 Å². The molecule has 2 aromatic rings. The molecule has 0 N–H and O–H groups in total. The second-order valence-electron chi connectivity index (χ2n) is 7.37. The maximum Gasteiger partial charge on any atom is 0.387 e. The van der Waals surface area contributed by atoms with Gasteiger partial charge in [-0.2, -0.15) is 13.1 Å². The Labute approximate surface area is 190 Å². The quantitative estimate of drug-likeness (QED) is 0.420. The average Bonchev–Trinajstić information content (AvgIpc) is 2.79. The number of aryl methyl sites for hydroxylation is 2. The standard InChI is InChI=1S/C22H23F2NO7S/c1-14-3-6-19(32-22(23)24)17(11-14)18(26)13-31-21(27)16-5-4-15(2)20(12-16)33(28,29)25-7-9-30-10-8-25/h3-6,11-12,22H,7-10,13H2,1-2H3. The number of carbonyl (C=O) groups is 2. The summed E-state index contributed by atoms with van der Waals surface area (Å²) < 4.78 is 67.1. The van der Waals surface area contributed by atoms with Crippen LogP contribution in [-0.4, -0.2) is 64.0 Å². The van der Waals surface area contributed by atoms with Crippen LogP contribution >= 0.6 is 0 Å². The molecule has 11 heteroatoms. The van der Waals surface area contributed by atoms with Gasteiger partial charge < -0.3 is 14.2 Å². The van der Waals surface area contributed by atoms with E-state index in [-0.39, 0.29) is 48.1 Å². The number of alkyl halides is 2. The Morgan fingerprint density at radius 3 is 2.45 bits per heavy atom. The summed E-state index contributed by atoms with van der Waals surface area (Å²) in [6.07, 6.45) is 0. The van der Waals surface area contributed by atoms with E-state index in [2.05, 4.69) is 4.74 Å². The summed E-state index contributed by atoms with van der Waals surface area (Å²) in [5.74, 6) is -1.99. The zero-order valence-corrected chi connectivity index (χ0v) is 18.9. The van der Waals surface area contributed by atoms with Crippen LogP contribution in [-0.2, 0) is 19.5 Å². The SMILES string of the molecule is Cc1ccc(OC(F)F)c(C(=O)COC(=O)c2ccc(C)c(S(=O)(=O)N3CCOCC3)c2)c1. The highest BCUT2D eigenvalue weighted by Crippen LogP contribution is 2.24. The lowest BCUT2D eigenvalue weighted by Crippen LogP contribution is -2.40. The predicted octanol–water partition coefficient (Wildman–Crippen LogP) is 2.97. The number of morpholine rings is 1. The number of carbonyl (C=O) groups excluding carboxylic acids is 2. The van der Waals surface area contributed by atoms with E-state index in [9.17, 15) is 26.8 Å². The molecule has 0 radical (unpaired) electrons. The van der Waals surface area contributed by atoms with Crippen LogP contribution in [0.3, 0.4) is 0 Å². The van der Waals surface area contributed by atoms with Crippen LogP contribution in [0.15, 0.2) is 41.3 Å². The fourth-order valence-electron chi connectivity index (χ4n) is 3.28. The lowest BCUT2D eigenvalue weighted by Gasteiger charge is -2.26. The molecule has 0 unspecified atom stereocenters. The second kappa shape index (κ2) is 10.4. The number of halogens is 2. The molecule has 0 spiro atoms. The number of rotatable bonds is 8. The molecule has 0 bridgehead atoms. The molecule has 0 aromatic heterocycles. The smallest absolute Gasteiger partial charge is 0.387 e. The van der Waals surface area contributed by atoms with Crippen molar-refractivity contribution in [2.45, 2.75) is 25.4 Å². The zero-order valence-electron chi connectivity index (χ0n) is 18.0. The van der Waals surface area contributed by atoms with Crippen molar-refractivity contribution in [3.63, 3.8) is 0 Å². The number of Topliss-reactive ketones (excluding diaryl/α,β-unsaturated/α-hetero) is 1. The van der Waals surface area contributed by atoms with Gasteiger partial charge in [0.1, 0.15) is 5.75 Å². The first-order valence-corrected chi connectivity index (χ1v) is 11.5. The van der Waals surface area contributed by atoms with Gasteiger partial charge in [-0.3, -0.25) is 4.79 Å². The van der Waals surface area contributed by atoms with E-state index >= 15 is 0 Å². The first kappa shape index (κ1) is 24.7. The van der Waals surface area contributed by atoms with E-state index < -0.39 is 35.0 Å². The Morgan fingerprint density at radius 2 is 1.79 bits per heavy atom. The molecule has 8 nitrogen and oxygen atoms in total. The molecule has 178 valence electrons. The number of hydrogen-bond donors (Lipinski definition) is 0. The van der Waals surface area contributed by atoms with Gasteiger partial charge in [-0.25, -0.2) is 13.2 Å². The van der Waals surface area contributed by atoms with E-state index in [4.69, 9.17) is 9.47 Å². The number of ketones is 1. The summed E-state index contributed by atoms with van der Waals surface area (Å²) in [5.41, 5.74) is 0.863. The van der Waals surface area contributed by atoms with Gasteiger partial charge in [-0.15, -0.1) is 0 Å². The highest BCUT2D eigenvalue weighted by atomic mass is 32.2. The Morgan fingerprint density at radius 1 is 1.09 bits per heavy atom. The molecule has 0 saturated carbocycles. The molecule has 1 fully saturated rings. The molecule has 1 aliphatic rings. The fraction of sp³-hybridized carbons (Fsp3) is 0.364. The van der Waals surface area contributed by atoms with E-state index in [0.717, 1.165) is 0 Å². The Kier molecular flexibility index (Phi) is 7.77. The van der Waals surface area contributed by atoms with Gasteiger partial charge in [0.25, 0.3) is 0 Å². The maximum absolute atomic E-state index is 13.0. The zero-order chi connectivity index (χ0) is 24.2. The van der Waals surface area contributed by atoms with Crippen molar-refractivity contribution in [2.75, 3.05) is 32.9 Å². The number of sulfonamides is 1. The second-order valence-corrected chi connectivity index (χ2v) is 9.28. The summed E-state index contributed by atoms with van der Waals surface area (Å²) in [5, 5.41) is 0. The Balaban J connectivity index is 1.76. The van der Waals surface area contributed by atoms with Crippen molar-refractivity contribution in [1.29, 1.82) is 0 Å². The van der Waals surface area contributed by atoms with Crippen molar-refractivity contribution in [1.82, 2.24) is 4.31 Å². The van der Waals surface area contributed by atoms with E-state index in [1.165, 1.54) is 40.7 Å². The van der Waals surface area contributed by atoms with Crippen molar-refractivity contribution < 1.29 is 41.0 Å². The van der Waals surface area contributed by atoms with Crippen LogP contribution in [0.5, 0.6) is 5.75 Å². The first-order chi connectivity index (χ1) is 15.6. The van der Waals surface area contributed by atoms with Crippen LogP contribution in [0.1, 0.15) is 31.8 Å². The van der Waals surface area contributed by atoms with Crippen molar-refractivity contribution in [3.05, 3.63) is 58.7 Å². The Hall–Kier alpha value is -2.89. The number of hydrogen-bond acceptors (Lipinski definition) is 7. The lowest BCUT2D eigenvalue weighted by molar-refractivity contribution is -0.0502. The third-order valence-corrected chi connectivity index (χ3v) is 7.04. The molecule has 1 saturated heterocycles. The van der Waals surface area contributed by atoms with Gasteiger partial charge in [0, 0.05) is 13.1 Å². The summed E-state index contributed by atoms with van der Waals surface area (Å²) in [4.78, 5) is 25.0. The van der Waals surface area contributed by atoms with Crippen LogP contribution in [0.2, 0.25) is 0 Å². The van der Waals surface area contributed by atoms with Crippen LogP contribution < -0.4 is 4.74 Å². The van der Waals surface area contributed by atoms with E-state index in [1.54, 1.807) is 13.8 Å². The van der Waals surface area contributed by atoms with Gasteiger partial charge >= 0.3 is 12.6 Å².